The molecule has 0 spiro atoms. The zero-order valence-electron chi connectivity index (χ0n) is 10.1. The Balaban J connectivity index is 2.16. The zero-order chi connectivity index (χ0) is 12.5. The number of hydrogen-bond donors (Lipinski definition) is 0. The van der Waals surface area contributed by atoms with Gasteiger partial charge in [0, 0.05) is 24.0 Å². The van der Waals surface area contributed by atoms with E-state index in [-0.39, 0.29) is 0 Å². The van der Waals surface area contributed by atoms with Crippen LogP contribution in [0.25, 0.3) is 16.6 Å². The number of rotatable bonds is 2. The molecule has 0 aliphatic rings. The molecule has 18 heavy (non-hydrogen) atoms. The molecule has 3 aromatic rings. The standard InChI is InChI=1S/C15H13ClN2/c1-11-6-12(8-16)7-15(17-11)18-9-13-4-2-3-5-14(13)10-18/h2-7,9-10H,8H2,1H3. The van der Waals surface area contributed by atoms with Gasteiger partial charge in [-0.1, -0.05) is 24.3 Å². The Labute approximate surface area is 111 Å². The van der Waals surface area contributed by atoms with Gasteiger partial charge in [0.05, 0.1) is 0 Å². The number of hydrogen-bond acceptors (Lipinski definition) is 1. The normalized spacial score (nSPS) is 11.0. The Morgan fingerprint density at radius 2 is 1.78 bits per heavy atom. The summed E-state index contributed by atoms with van der Waals surface area (Å²) in [5.74, 6) is 1.43. The van der Waals surface area contributed by atoms with Crippen LogP contribution in [0.3, 0.4) is 0 Å². The highest BCUT2D eigenvalue weighted by atomic mass is 35.5. The quantitative estimate of drug-likeness (QED) is 0.632. The first-order valence-corrected chi connectivity index (χ1v) is 6.40. The minimum atomic E-state index is 0.511. The number of nitrogens with zero attached hydrogens (tertiary/aromatic N) is 2. The van der Waals surface area contributed by atoms with Crippen molar-refractivity contribution in [3.05, 3.63) is 60.0 Å². The van der Waals surface area contributed by atoms with Crippen LogP contribution in [0.5, 0.6) is 0 Å². The molecule has 0 bridgehead atoms. The van der Waals surface area contributed by atoms with Gasteiger partial charge in [-0.15, -0.1) is 11.6 Å². The van der Waals surface area contributed by atoms with E-state index in [9.17, 15) is 0 Å². The molecule has 1 aromatic carbocycles. The molecule has 3 rings (SSSR count). The molecule has 0 unspecified atom stereocenters. The highest BCUT2D eigenvalue weighted by molar-refractivity contribution is 6.17. The maximum absolute atomic E-state index is 5.90. The number of benzene rings is 1. The minimum absolute atomic E-state index is 0.511. The number of pyridine rings is 1. The van der Waals surface area contributed by atoms with Crippen LogP contribution in [0.4, 0.5) is 0 Å². The van der Waals surface area contributed by atoms with Crippen molar-refractivity contribution in [2.75, 3.05) is 0 Å². The summed E-state index contributed by atoms with van der Waals surface area (Å²) in [5.41, 5.74) is 2.08. The summed E-state index contributed by atoms with van der Waals surface area (Å²) in [5, 5.41) is 2.43. The summed E-state index contributed by atoms with van der Waals surface area (Å²) in [7, 11) is 0. The SMILES string of the molecule is Cc1cc(CCl)cc(-n2cc3ccccc3c2)n1. The van der Waals surface area contributed by atoms with Crippen molar-refractivity contribution >= 4 is 22.4 Å². The Bertz CT molecular complexity index is 668. The molecular weight excluding hydrogens is 244 g/mol. The molecule has 90 valence electrons. The number of aromatic nitrogens is 2. The van der Waals surface area contributed by atoms with Gasteiger partial charge in [-0.25, -0.2) is 4.98 Å². The van der Waals surface area contributed by atoms with Crippen molar-refractivity contribution in [1.82, 2.24) is 9.55 Å². The molecule has 3 heteroatoms. The summed E-state index contributed by atoms with van der Waals surface area (Å²) < 4.78 is 2.05. The van der Waals surface area contributed by atoms with Gasteiger partial charge in [0.2, 0.25) is 0 Å². The largest absolute Gasteiger partial charge is 0.307 e. The molecule has 0 atom stereocenters. The molecule has 0 radical (unpaired) electrons. The predicted octanol–water partition coefficient (Wildman–Crippen LogP) is 4.07. The summed E-state index contributed by atoms with van der Waals surface area (Å²) >= 11 is 5.90. The summed E-state index contributed by atoms with van der Waals surface area (Å²) in [6.07, 6.45) is 4.18. The minimum Gasteiger partial charge on any atom is -0.307 e. The van der Waals surface area contributed by atoms with E-state index in [1.54, 1.807) is 0 Å². The number of aryl methyl sites for hydroxylation is 1. The molecule has 0 saturated heterocycles. The Morgan fingerprint density at radius 3 is 2.39 bits per heavy atom. The van der Waals surface area contributed by atoms with Crippen LogP contribution in [-0.4, -0.2) is 9.55 Å². The highest BCUT2D eigenvalue weighted by Gasteiger charge is 2.04. The van der Waals surface area contributed by atoms with Crippen molar-refractivity contribution in [3.8, 4) is 5.82 Å². The monoisotopic (exact) mass is 256 g/mol. The highest BCUT2D eigenvalue weighted by Crippen LogP contribution is 2.19. The van der Waals surface area contributed by atoms with Gasteiger partial charge in [0.25, 0.3) is 0 Å². The van der Waals surface area contributed by atoms with Crippen molar-refractivity contribution in [1.29, 1.82) is 0 Å². The fraction of sp³-hybridized carbons (Fsp3) is 0.133. The number of fused-ring (bicyclic) bond motifs is 1. The lowest BCUT2D eigenvalue weighted by molar-refractivity contribution is 0.984. The molecule has 0 amide bonds. The Kier molecular flexibility index (Phi) is 2.80. The van der Waals surface area contributed by atoms with Crippen LogP contribution in [0.15, 0.2) is 48.8 Å². The summed E-state index contributed by atoms with van der Waals surface area (Å²) in [4.78, 5) is 4.55. The second-order valence-electron chi connectivity index (χ2n) is 4.40. The lowest BCUT2D eigenvalue weighted by atomic mass is 10.2. The fourth-order valence-electron chi connectivity index (χ4n) is 2.15. The lowest BCUT2D eigenvalue weighted by Gasteiger charge is -2.05. The van der Waals surface area contributed by atoms with E-state index >= 15 is 0 Å². The lowest BCUT2D eigenvalue weighted by Crippen LogP contribution is -1.97. The van der Waals surface area contributed by atoms with Crippen LogP contribution in [0, 0.1) is 6.92 Å². The molecule has 0 saturated carbocycles. The fourth-order valence-corrected chi connectivity index (χ4v) is 2.30. The van der Waals surface area contributed by atoms with Crippen molar-refractivity contribution in [2.45, 2.75) is 12.8 Å². The van der Waals surface area contributed by atoms with Gasteiger partial charge >= 0.3 is 0 Å². The van der Waals surface area contributed by atoms with Crippen LogP contribution >= 0.6 is 11.6 Å². The van der Waals surface area contributed by atoms with Gasteiger partial charge in [0.15, 0.2) is 0 Å². The zero-order valence-corrected chi connectivity index (χ0v) is 10.9. The van der Waals surface area contributed by atoms with Crippen molar-refractivity contribution < 1.29 is 0 Å². The van der Waals surface area contributed by atoms with Crippen LogP contribution in [0.2, 0.25) is 0 Å². The van der Waals surface area contributed by atoms with Gasteiger partial charge in [-0.05, 0) is 35.4 Å². The van der Waals surface area contributed by atoms with Crippen LogP contribution in [0.1, 0.15) is 11.3 Å². The topological polar surface area (TPSA) is 17.8 Å². The first kappa shape index (κ1) is 11.3. The Morgan fingerprint density at radius 1 is 1.11 bits per heavy atom. The molecule has 2 nitrogen and oxygen atoms in total. The summed E-state index contributed by atoms with van der Waals surface area (Å²) in [6, 6.07) is 12.3. The van der Waals surface area contributed by atoms with Gasteiger partial charge < -0.3 is 4.57 Å². The number of alkyl halides is 1. The average Bonchev–Trinajstić information content (AvgIpc) is 2.81. The van der Waals surface area contributed by atoms with Gasteiger partial charge in [-0.3, -0.25) is 0 Å². The summed E-state index contributed by atoms with van der Waals surface area (Å²) in [6.45, 7) is 1.99. The first-order chi connectivity index (χ1) is 8.76. The van der Waals surface area contributed by atoms with E-state index in [2.05, 4.69) is 29.5 Å². The molecule has 2 aromatic heterocycles. The van der Waals surface area contributed by atoms with Crippen LogP contribution < -0.4 is 0 Å². The van der Waals surface area contributed by atoms with Gasteiger partial charge in [-0.2, -0.15) is 0 Å². The number of halogens is 1. The third-order valence-electron chi connectivity index (χ3n) is 2.97. The maximum Gasteiger partial charge on any atom is 0.137 e. The average molecular weight is 257 g/mol. The van der Waals surface area contributed by atoms with E-state index in [0.29, 0.717) is 5.88 Å². The third-order valence-corrected chi connectivity index (χ3v) is 3.28. The predicted molar refractivity (Wildman–Crippen MR) is 75.4 cm³/mol. The molecule has 0 fully saturated rings. The van der Waals surface area contributed by atoms with Crippen LogP contribution in [-0.2, 0) is 5.88 Å². The van der Waals surface area contributed by atoms with E-state index < -0.39 is 0 Å². The molecule has 0 aliphatic heterocycles. The molecule has 0 N–H and O–H groups in total. The van der Waals surface area contributed by atoms with E-state index in [1.807, 2.05) is 35.8 Å². The first-order valence-electron chi connectivity index (χ1n) is 5.87. The molecule has 2 heterocycles. The van der Waals surface area contributed by atoms with E-state index in [0.717, 1.165) is 17.1 Å². The molecule has 0 aliphatic carbocycles. The smallest absolute Gasteiger partial charge is 0.137 e. The van der Waals surface area contributed by atoms with Gasteiger partial charge in [0.1, 0.15) is 5.82 Å². The van der Waals surface area contributed by atoms with E-state index in [4.69, 9.17) is 11.6 Å². The Hall–Kier alpha value is -1.80. The van der Waals surface area contributed by atoms with Crippen molar-refractivity contribution in [3.63, 3.8) is 0 Å². The molecular formula is C15H13ClN2. The van der Waals surface area contributed by atoms with Crippen molar-refractivity contribution in [2.24, 2.45) is 0 Å². The third kappa shape index (κ3) is 2.00. The van der Waals surface area contributed by atoms with E-state index in [1.165, 1.54) is 10.8 Å². The second kappa shape index (κ2) is 4.46. The maximum atomic E-state index is 5.90. The second-order valence-corrected chi connectivity index (χ2v) is 4.67.